The van der Waals surface area contributed by atoms with Crippen LogP contribution in [0.1, 0.15) is 38.9 Å². The first-order valence-electron chi connectivity index (χ1n) is 8.49. The van der Waals surface area contributed by atoms with Gasteiger partial charge < -0.3 is 25.1 Å². The summed E-state index contributed by atoms with van der Waals surface area (Å²) in [5.41, 5.74) is 0. The van der Waals surface area contributed by atoms with Crippen LogP contribution in [0.25, 0.3) is 0 Å². The molecule has 0 bridgehead atoms. The fourth-order valence-corrected chi connectivity index (χ4v) is 1.91. The Morgan fingerprint density at radius 2 is 2.12 bits per heavy atom. The van der Waals surface area contributed by atoms with Gasteiger partial charge >= 0.3 is 0 Å². The van der Waals surface area contributed by atoms with E-state index in [4.69, 9.17) is 9.15 Å². The minimum atomic E-state index is 0. The Morgan fingerprint density at radius 3 is 2.76 bits per heavy atom. The standard InChI is InChI=1S/C17H30N4O3.HI/c1-4-14(2)21-16(22)8-10-20-17(18-3)19-9-6-11-23-13-15-7-5-12-24-15;/h5,7,12,14H,4,6,8-11,13H2,1-3H3,(H,21,22)(H2,18,19,20);1H. The molecule has 0 saturated heterocycles. The average molecular weight is 466 g/mol. The van der Waals surface area contributed by atoms with E-state index in [1.165, 1.54) is 0 Å². The van der Waals surface area contributed by atoms with Crippen LogP contribution in [0.15, 0.2) is 27.8 Å². The molecular weight excluding hydrogens is 435 g/mol. The molecular formula is C17H31IN4O3. The molecule has 25 heavy (non-hydrogen) atoms. The molecule has 1 amide bonds. The molecule has 0 aliphatic heterocycles. The van der Waals surface area contributed by atoms with Gasteiger partial charge in [-0.25, -0.2) is 0 Å². The number of hydrogen-bond acceptors (Lipinski definition) is 4. The average Bonchev–Trinajstić information content (AvgIpc) is 3.09. The largest absolute Gasteiger partial charge is 0.467 e. The van der Waals surface area contributed by atoms with Gasteiger partial charge in [-0.2, -0.15) is 0 Å². The van der Waals surface area contributed by atoms with E-state index in [2.05, 4.69) is 20.9 Å². The Balaban J connectivity index is 0.00000576. The van der Waals surface area contributed by atoms with E-state index in [1.807, 2.05) is 26.0 Å². The minimum absolute atomic E-state index is 0. The number of nitrogens with zero attached hydrogens (tertiary/aromatic N) is 1. The fraction of sp³-hybridized carbons (Fsp3) is 0.647. The molecule has 0 saturated carbocycles. The second-order valence-corrected chi connectivity index (χ2v) is 5.54. The van der Waals surface area contributed by atoms with Crippen molar-refractivity contribution in [2.75, 3.05) is 26.7 Å². The van der Waals surface area contributed by atoms with Gasteiger partial charge in [0.2, 0.25) is 5.91 Å². The van der Waals surface area contributed by atoms with Crippen LogP contribution in [-0.2, 0) is 16.1 Å². The highest BCUT2D eigenvalue weighted by molar-refractivity contribution is 14.0. The van der Waals surface area contributed by atoms with Crippen LogP contribution < -0.4 is 16.0 Å². The van der Waals surface area contributed by atoms with Crippen LogP contribution in [0.3, 0.4) is 0 Å². The van der Waals surface area contributed by atoms with Crippen molar-refractivity contribution >= 4 is 35.8 Å². The summed E-state index contributed by atoms with van der Waals surface area (Å²) in [5.74, 6) is 1.58. The van der Waals surface area contributed by atoms with Crippen LogP contribution in [0.2, 0.25) is 0 Å². The van der Waals surface area contributed by atoms with E-state index >= 15 is 0 Å². The lowest BCUT2D eigenvalue weighted by atomic mass is 10.2. The van der Waals surface area contributed by atoms with Crippen LogP contribution in [-0.4, -0.2) is 44.7 Å². The number of halogens is 1. The Kier molecular flexibility index (Phi) is 14.2. The predicted octanol–water partition coefficient (Wildman–Crippen LogP) is 2.27. The molecule has 8 heteroatoms. The number of rotatable bonds is 11. The zero-order valence-corrected chi connectivity index (χ0v) is 17.7. The molecule has 0 aliphatic rings. The van der Waals surface area contributed by atoms with Gasteiger partial charge in [0.25, 0.3) is 0 Å². The number of carbonyl (C=O) groups is 1. The summed E-state index contributed by atoms with van der Waals surface area (Å²) < 4.78 is 10.7. The molecule has 1 heterocycles. The molecule has 1 atom stereocenters. The van der Waals surface area contributed by atoms with Crippen molar-refractivity contribution in [1.82, 2.24) is 16.0 Å². The van der Waals surface area contributed by atoms with Gasteiger partial charge in [-0.3, -0.25) is 9.79 Å². The van der Waals surface area contributed by atoms with Crippen molar-refractivity contribution in [1.29, 1.82) is 0 Å². The van der Waals surface area contributed by atoms with Crippen LogP contribution in [0, 0.1) is 0 Å². The summed E-state index contributed by atoms with van der Waals surface area (Å²) >= 11 is 0. The topological polar surface area (TPSA) is 87.9 Å². The Bertz CT molecular complexity index is 480. The highest BCUT2D eigenvalue weighted by atomic mass is 127. The number of ether oxygens (including phenoxy) is 1. The first-order chi connectivity index (χ1) is 11.7. The van der Waals surface area contributed by atoms with E-state index in [9.17, 15) is 4.79 Å². The lowest BCUT2D eigenvalue weighted by molar-refractivity contribution is -0.121. The van der Waals surface area contributed by atoms with Gasteiger partial charge in [-0.1, -0.05) is 6.92 Å². The summed E-state index contributed by atoms with van der Waals surface area (Å²) in [6.07, 6.45) is 3.86. The van der Waals surface area contributed by atoms with E-state index < -0.39 is 0 Å². The normalized spacial score (nSPS) is 12.2. The molecule has 0 aliphatic carbocycles. The molecule has 0 radical (unpaired) electrons. The number of aliphatic imine (C=N–C) groups is 1. The smallest absolute Gasteiger partial charge is 0.221 e. The van der Waals surface area contributed by atoms with Gasteiger partial charge in [-0.15, -0.1) is 24.0 Å². The molecule has 144 valence electrons. The zero-order valence-electron chi connectivity index (χ0n) is 15.3. The molecule has 3 N–H and O–H groups in total. The quantitative estimate of drug-likeness (QED) is 0.202. The van der Waals surface area contributed by atoms with Gasteiger partial charge in [0, 0.05) is 39.2 Å². The summed E-state index contributed by atoms with van der Waals surface area (Å²) in [6.45, 7) is 6.48. The number of carbonyl (C=O) groups excluding carboxylic acids is 1. The molecule has 1 unspecified atom stereocenters. The molecule has 0 spiro atoms. The lowest BCUT2D eigenvalue weighted by Gasteiger charge is -2.13. The summed E-state index contributed by atoms with van der Waals surface area (Å²) in [6, 6.07) is 3.96. The second-order valence-electron chi connectivity index (χ2n) is 5.54. The number of nitrogens with one attached hydrogen (secondary N) is 3. The first-order valence-corrected chi connectivity index (χ1v) is 8.49. The number of guanidine groups is 1. The van der Waals surface area contributed by atoms with E-state index in [0.717, 1.165) is 25.1 Å². The van der Waals surface area contributed by atoms with Crippen molar-refractivity contribution in [2.24, 2.45) is 4.99 Å². The molecule has 0 aromatic carbocycles. The molecule has 1 aromatic heterocycles. The number of hydrogen-bond donors (Lipinski definition) is 3. The Labute approximate surface area is 167 Å². The van der Waals surface area contributed by atoms with Crippen LogP contribution in [0.4, 0.5) is 0 Å². The van der Waals surface area contributed by atoms with Gasteiger partial charge in [0.1, 0.15) is 12.4 Å². The monoisotopic (exact) mass is 466 g/mol. The van der Waals surface area contributed by atoms with E-state index in [1.54, 1.807) is 13.3 Å². The molecule has 7 nitrogen and oxygen atoms in total. The maximum atomic E-state index is 11.7. The minimum Gasteiger partial charge on any atom is -0.467 e. The molecule has 1 aromatic rings. The third-order valence-electron chi connectivity index (χ3n) is 3.47. The molecule has 0 fully saturated rings. The van der Waals surface area contributed by atoms with Crippen LogP contribution in [0.5, 0.6) is 0 Å². The van der Waals surface area contributed by atoms with E-state index in [0.29, 0.717) is 32.1 Å². The number of furan rings is 1. The van der Waals surface area contributed by atoms with E-state index in [-0.39, 0.29) is 35.9 Å². The number of amides is 1. The highest BCUT2D eigenvalue weighted by Crippen LogP contribution is 2.01. The maximum absolute atomic E-state index is 11.7. The van der Waals surface area contributed by atoms with Gasteiger partial charge in [-0.05, 0) is 31.9 Å². The SMILES string of the molecule is CCC(C)NC(=O)CCNC(=NC)NCCCOCc1ccco1.I. The fourth-order valence-electron chi connectivity index (χ4n) is 1.91. The van der Waals surface area contributed by atoms with Crippen molar-refractivity contribution < 1.29 is 13.9 Å². The lowest BCUT2D eigenvalue weighted by Crippen LogP contribution is -2.40. The third-order valence-corrected chi connectivity index (χ3v) is 3.47. The van der Waals surface area contributed by atoms with Crippen LogP contribution >= 0.6 is 24.0 Å². The summed E-state index contributed by atoms with van der Waals surface area (Å²) in [7, 11) is 1.71. The zero-order chi connectivity index (χ0) is 17.6. The van der Waals surface area contributed by atoms with Crippen molar-refractivity contribution in [3.8, 4) is 0 Å². The summed E-state index contributed by atoms with van der Waals surface area (Å²) in [5, 5.41) is 9.26. The first kappa shape index (κ1) is 23.7. The van der Waals surface area contributed by atoms with Gasteiger partial charge in [0.15, 0.2) is 5.96 Å². The Hall–Kier alpha value is -1.29. The highest BCUT2D eigenvalue weighted by Gasteiger charge is 2.05. The Morgan fingerprint density at radius 1 is 1.36 bits per heavy atom. The van der Waals surface area contributed by atoms with Crippen molar-refractivity contribution in [3.05, 3.63) is 24.2 Å². The summed E-state index contributed by atoms with van der Waals surface area (Å²) in [4.78, 5) is 15.8. The molecule has 1 rings (SSSR count). The van der Waals surface area contributed by atoms with Crippen molar-refractivity contribution in [3.63, 3.8) is 0 Å². The van der Waals surface area contributed by atoms with Crippen molar-refractivity contribution in [2.45, 2.75) is 45.8 Å². The second kappa shape index (κ2) is 15.0. The predicted molar refractivity (Wildman–Crippen MR) is 110 cm³/mol. The van der Waals surface area contributed by atoms with Gasteiger partial charge in [0.05, 0.1) is 6.26 Å². The maximum Gasteiger partial charge on any atom is 0.221 e. The third kappa shape index (κ3) is 11.8.